The molecule has 0 bridgehead atoms. The van der Waals surface area contributed by atoms with Crippen LogP contribution >= 0.6 is 40.2 Å². The fourth-order valence-electron chi connectivity index (χ4n) is 3.34. The van der Waals surface area contributed by atoms with Crippen LogP contribution in [0.2, 0.25) is 5.02 Å². The summed E-state index contributed by atoms with van der Waals surface area (Å²) in [5, 5.41) is 14.4. The maximum absolute atomic E-state index is 10.7. The molecule has 0 spiro atoms. The third-order valence-corrected chi connectivity index (χ3v) is 6.17. The number of ether oxygens (including phenoxy) is 1. The molecule has 7 heteroatoms. The fourth-order valence-corrected chi connectivity index (χ4v) is 4.41. The number of aliphatic hydroxyl groups excluding tert-OH is 1. The largest absolute Gasteiger partial charge is 0.439 e. The molecule has 1 aliphatic heterocycles. The van der Waals surface area contributed by atoms with E-state index in [0.29, 0.717) is 10.6 Å². The third kappa shape index (κ3) is 4.16. The maximum Gasteiger partial charge on any atom is 0.253 e. The van der Waals surface area contributed by atoms with Crippen LogP contribution in [0.25, 0.3) is 0 Å². The number of nitrogens with one attached hydrogen (secondary N) is 1. The summed E-state index contributed by atoms with van der Waals surface area (Å²) in [5.41, 5.74) is 5.61. The van der Waals surface area contributed by atoms with E-state index in [0.717, 1.165) is 15.6 Å². The zero-order valence-electron chi connectivity index (χ0n) is 15.2. The Morgan fingerprint density at radius 3 is 2.31 bits per heavy atom. The van der Waals surface area contributed by atoms with E-state index in [1.807, 2.05) is 54.6 Å². The monoisotopic (exact) mass is 488 g/mol. The number of hydrazone groups is 1. The lowest BCUT2D eigenvalue weighted by Gasteiger charge is -2.33. The molecule has 29 heavy (non-hydrogen) atoms. The fraction of sp³-hybridized carbons (Fsp3) is 0.136. The molecule has 0 aliphatic carbocycles. The molecule has 1 heterocycles. The number of hydrogen-bond acceptors (Lipinski definition) is 5. The first-order valence-corrected chi connectivity index (χ1v) is 10.6. The number of aliphatic hydroxyl groups is 1. The Balaban J connectivity index is 1.67. The van der Waals surface area contributed by atoms with Crippen LogP contribution in [0.15, 0.2) is 88.4 Å². The molecule has 2 unspecified atom stereocenters. The zero-order valence-corrected chi connectivity index (χ0v) is 18.4. The molecule has 1 aliphatic rings. The minimum Gasteiger partial charge on any atom is -0.439 e. The van der Waals surface area contributed by atoms with Crippen LogP contribution in [0.4, 0.5) is 0 Å². The molecule has 3 aromatic carbocycles. The van der Waals surface area contributed by atoms with Crippen LogP contribution in [0.3, 0.4) is 0 Å². The van der Waals surface area contributed by atoms with Crippen molar-refractivity contribution in [2.45, 2.75) is 17.1 Å². The molecule has 0 saturated heterocycles. The van der Waals surface area contributed by atoms with Crippen LogP contribution in [0.5, 0.6) is 0 Å². The van der Waals surface area contributed by atoms with E-state index in [1.165, 1.54) is 0 Å². The number of benzene rings is 3. The second-order valence-electron chi connectivity index (χ2n) is 6.68. The van der Waals surface area contributed by atoms with Crippen molar-refractivity contribution in [1.82, 2.24) is 5.43 Å². The Bertz CT molecular complexity index is 1030. The molecule has 0 amide bonds. The first-order valence-electron chi connectivity index (χ1n) is 8.97. The highest BCUT2D eigenvalue weighted by Crippen LogP contribution is 2.43. The molecule has 0 fully saturated rings. The van der Waals surface area contributed by atoms with E-state index >= 15 is 0 Å². The molecule has 4 nitrogen and oxygen atoms in total. The SMILES string of the molecule is OC(C1=NN[C@@](S)(C(c2ccccc2)c2ccccc2Br)O1)c1ccc(Cl)cc1. The first-order chi connectivity index (χ1) is 14.0. The van der Waals surface area contributed by atoms with E-state index in [-0.39, 0.29) is 11.8 Å². The van der Waals surface area contributed by atoms with Crippen molar-refractivity contribution >= 4 is 46.1 Å². The summed E-state index contributed by atoms with van der Waals surface area (Å²) in [6.45, 7) is 0. The molecule has 3 aromatic rings. The van der Waals surface area contributed by atoms with Gasteiger partial charge in [-0.1, -0.05) is 88.2 Å². The Morgan fingerprint density at radius 2 is 1.62 bits per heavy atom. The second-order valence-corrected chi connectivity index (χ2v) is 8.63. The molecule has 2 N–H and O–H groups in total. The standard InChI is InChI=1S/C22H18BrClN2O2S/c23-18-9-5-4-8-17(18)19(14-6-2-1-3-7-14)22(29)26-25-21(28-22)20(27)15-10-12-16(24)13-11-15/h1-13,19-20,26-27,29H/t19?,20?,22-/m0/s1. The summed E-state index contributed by atoms with van der Waals surface area (Å²) < 4.78 is 7.05. The van der Waals surface area contributed by atoms with E-state index in [2.05, 4.69) is 26.5 Å². The van der Waals surface area contributed by atoms with Gasteiger partial charge in [-0.3, -0.25) is 5.43 Å². The van der Waals surface area contributed by atoms with Crippen LogP contribution in [0.1, 0.15) is 28.7 Å². The summed E-state index contributed by atoms with van der Waals surface area (Å²) in [4.78, 5) is 0. The molecule has 0 aromatic heterocycles. The van der Waals surface area contributed by atoms with E-state index < -0.39 is 11.2 Å². The Hall–Kier alpha value is -1.99. The third-order valence-electron chi connectivity index (χ3n) is 4.75. The highest BCUT2D eigenvalue weighted by atomic mass is 79.9. The number of halogens is 2. The molecular weight excluding hydrogens is 472 g/mol. The van der Waals surface area contributed by atoms with E-state index in [1.54, 1.807) is 24.3 Å². The molecule has 0 radical (unpaired) electrons. The van der Waals surface area contributed by atoms with Crippen molar-refractivity contribution in [3.05, 3.63) is 105 Å². The lowest BCUT2D eigenvalue weighted by atomic mass is 9.89. The topological polar surface area (TPSA) is 53.9 Å². The summed E-state index contributed by atoms with van der Waals surface area (Å²) in [6, 6.07) is 24.7. The number of rotatable bonds is 5. The summed E-state index contributed by atoms with van der Waals surface area (Å²) >= 11 is 14.4. The quantitative estimate of drug-likeness (QED) is 0.416. The second kappa shape index (κ2) is 8.40. The van der Waals surface area contributed by atoms with Gasteiger partial charge in [-0.15, -0.1) is 17.7 Å². The zero-order chi connectivity index (χ0) is 20.4. The van der Waals surface area contributed by atoms with Crippen molar-refractivity contribution < 1.29 is 9.84 Å². The Kier molecular flexibility index (Phi) is 5.88. The predicted molar refractivity (Wildman–Crippen MR) is 122 cm³/mol. The van der Waals surface area contributed by atoms with Crippen molar-refractivity contribution in [2.75, 3.05) is 0 Å². The van der Waals surface area contributed by atoms with Gasteiger partial charge in [0.2, 0.25) is 5.90 Å². The van der Waals surface area contributed by atoms with Crippen molar-refractivity contribution in [3.8, 4) is 0 Å². The molecule has 0 saturated carbocycles. The normalized spacial score (nSPS) is 20.3. The van der Waals surface area contributed by atoms with Crippen LogP contribution in [0, 0.1) is 0 Å². The average Bonchev–Trinajstić information content (AvgIpc) is 3.13. The van der Waals surface area contributed by atoms with Gasteiger partial charge in [0, 0.05) is 9.50 Å². The van der Waals surface area contributed by atoms with Crippen molar-refractivity contribution in [1.29, 1.82) is 0 Å². The van der Waals surface area contributed by atoms with Gasteiger partial charge in [-0.2, -0.15) is 0 Å². The summed E-state index contributed by atoms with van der Waals surface area (Å²) in [6.07, 6.45) is -1.04. The maximum atomic E-state index is 10.7. The number of nitrogens with zero attached hydrogens (tertiary/aromatic N) is 1. The minimum absolute atomic E-state index is 0.148. The van der Waals surface area contributed by atoms with Gasteiger partial charge in [-0.05, 0) is 34.9 Å². The van der Waals surface area contributed by atoms with E-state index in [9.17, 15) is 5.11 Å². The summed E-state index contributed by atoms with van der Waals surface area (Å²) in [7, 11) is 0. The first kappa shape index (κ1) is 20.3. The van der Waals surface area contributed by atoms with Crippen molar-refractivity contribution in [3.63, 3.8) is 0 Å². The highest BCUT2D eigenvalue weighted by molar-refractivity contribution is 9.10. The Morgan fingerprint density at radius 1 is 0.966 bits per heavy atom. The van der Waals surface area contributed by atoms with Crippen LogP contribution in [-0.4, -0.2) is 16.1 Å². The van der Waals surface area contributed by atoms with Gasteiger partial charge in [0.1, 0.15) is 0 Å². The average molecular weight is 490 g/mol. The Labute approximate surface area is 188 Å². The van der Waals surface area contributed by atoms with Gasteiger partial charge in [-0.25, -0.2) is 0 Å². The van der Waals surface area contributed by atoms with Crippen LogP contribution in [-0.2, 0) is 4.74 Å². The van der Waals surface area contributed by atoms with Gasteiger partial charge in [0.05, 0.1) is 5.92 Å². The predicted octanol–water partition coefficient (Wildman–Crippen LogP) is 5.48. The smallest absolute Gasteiger partial charge is 0.253 e. The lowest BCUT2D eigenvalue weighted by molar-refractivity contribution is 0.106. The molecule has 3 atom stereocenters. The lowest BCUT2D eigenvalue weighted by Crippen LogP contribution is -2.42. The number of thiol groups is 1. The highest BCUT2D eigenvalue weighted by Gasteiger charge is 2.46. The number of hydrogen-bond donors (Lipinski definition) is 3. The summed E-state index contributed by atoms with van der Waals surface area (Å²) in [5.74, 6) is -0.156. The molecule has 4 rings (SSSR count). The van der Waals surface area contributed by atoms with Gasteiger partial charge < -0.3 is 9.84 Å². The van der Waals surface area contributed by atoms with Gasteiger partial charge in [0.25, 0.3) is 5.06 Å². The van der Waals surface area contributed by atoms with Gasteiger partial charge >= 0.3 is 0 Å². The van der Waals surface area contributed by atoms with E-state index in [4.69, 9.17) is 29.0 Å². The van der Waals surface area contributed by atoms with Gasteiger partial charge in [0.15, 0.2) is 6.10 Å². The van der Waals surface area contributed by atoms with Crippen LogP contribution < -0.4 is 5.43 Å². The minimum atomic E-state index is -1.19. The molecular formula is C22H18BrClN2O2S. The van der Waals surface area contributed by atoms with Crippen molar-refractivity contribution in [2.24, 2.45) is 5.10 Å². The molecule has 148 valence electrons.